The van der Waals surface area contributed by atoms with Gasteiger partial charge in [-0.05, 0) is 40.5 Å². The van der Waals surface area contributed by atoms with Crippen molar-refractivity contribution >= 4 is 24.3 Å². The monoisotopic (exact) mass is 429 g/mol. The molecule has 30 heavy (non-hydrogen) atoms. The van der Waals surface area contributed by atoms with Crippen LogP contribution in [-0.2, 0) is 9.53 Å². The third-order valence-electron chi connectivity index (χ3n) is 5.34. The molecule has 4 nitrogen and oxygen atoms in total. The molecular formula is C25H32ClNO3. The van der Waals surface area contributed by atoms with Crippen LogP contribution in [0.3, 0.4) is 0 Å². The molecule has 0 radical (unpaired) electrons. The Labute approximate surface area is 185 Å². The third-order valence-corrected chi connectivity index (χ3v) is 5.34. The predicted molar refractivity (Wildman–Crippen MR) is 123 cm³/mol. The van der Waals surface area contributed by atoms with Gasteiger partial charge in [-0.1, -0.05) is 76.2 Å². The first kappa shape index (κ1) is 23.9. The van der Waals surface area contributed by atoms with Crippen LogP contribution in [0.2, 0.25) is 0 Å². The van der Waals surface area contributed by atoms with Crippen molar-refractivity contribution in [2.45, 2.75) is 52.5 Å². The summed E-state index contributed by atoms with van der Waals surface area (Å²) >= 11 is 0. The lowest BCUT2D eigenvalue weighted by Gasteiger charge is -2.21. The number of hydrogen-bond acceptors (Lipinski definition) is 3. The largest absolute Gasteiger partial charge is 0.449 e. The second kappa shape index (κ2) is 10.6. The maximum Gasteiger partial charge on any atom is 0.407 e. The number of ketones is 1. The number of carbonyl (C=O) groups is 2. The molecule has 0 saturated heterocycles. The number of nitrogens with one attached hydrogen (secondary N) is 1. The van der Waals surface area contributed by atoms with Crippen molar-refractivity contribution in [2.24, 2.45) is 11.8 Å². The lowest BCUT2D eigenvalue weighted by molar-refractivity contribution is -0.122. The van der Waals surface area contributed by atoms with Crippen molar-refractivity contribution in [1.82, 2.24) is 5.32 Å². The zero-order valence-electron chi connectivity index (χ0n) is 18.2. The third kappa shape index (κ3) is 5.63. The Morgan fingerprint density at radius 1 is 0.900 bits per heavy atom. The number of carbonyl (C=O) groups excluding carboxylic acids is 2. The van der Waals surface area contributed by atoms with E-state index in [4.69, 9.17) is 4.74 Å². The minimum atomic E-state index is -0.519. The van der Waals surface area contributed by atoms with E-state index in [-0.39, 0.29) is 36.6 Å². The molecule has 0 aliphatic heterocycles. The van der Waals surface area contributed by atoms with Crippen molar-refractivity contribution in [2.75, 3.05) is 6.61 Å². The van der Waals surface area contributed by atoms with E-state index in [0.717, 1.165) is 0 Å². The quantitative estimate of drug-likeness (QED) is 0.561. The normalized spacial score (nSPS) is 13.4. The zero-order chi connectivity index (χ0) is 21.0. The van der Waals surface area contributed by atoms with Gasteiger partial charge in [0, 0.05) is 12.3 Å². The Balaban J connectivity index is 0.00000320. The summed E-state index contributed by atoms with van der Waals surface area (Å²) in [5.74, 6) is 0.664. The fourth-order valence-corrected chi connectivity index (χ4v) is 4.07. The Hall–Kier alpha value is -2.33. The van der Waals surface area contributed by atoms with Crippen LogP contribution in [0, 0.1) is 11.8 Å². The summed E-state index contributed by atoms with van der Waals surface area (Å²) in [5.41, 5.74) is 4.75. The van der Waals surface area contributed by atoms with Gasteiger partial charge in [0.1, 0.15) is 6.61 Å². The summed E-state index contributed by atoms with van der Waals surface area (Å²) in [6, 6.07) is 16.0. The molecule has 0 saturated carbocycles. The van der Waals surface area contributed by atoms with Gasteiger partial charge in [-0.15, -0.1) is 12.4 Å². The number of rotatable bonds is 8. The molecule has 2 aromatic carbocycles. The molecular weight excluding hydrogens is 398 g/mol. The summed E-state index contributed by atoms with van der Waals surface area (Å²) in [7, 11) is 0. The lowest BCUT2D eigenvalue weighted by Crippen LogP contribution is -2.42. The van der Waals surface area contributed by atoms with Crippen molar-refractivity contribution in [1.29, 1.82) is 0 Å². The molecule has 3 rings (SSSR count). The van der Waals surface area contributed by atoms with Crippen LogP contribution < -0.4 is 5.32 Å². The van der Waals surface area contributed by atoms with Crippen LogP contribution in [0.4, 0.5) is 4.79 Å². The highest BCUT2D eigenvalue weighted by Gasteiger charge is 2.30. The molecule has 1 aliphatic rings. The number of ether oxygens (including phenoxy) is 1. The first-order valence-corrected chi connectivity index (χ1v) is 10.5. The Morgan fingerprint density at radius 2 is 1.43 bits per heavy atom. The van der Waals surface area contributed by atoms with E-state index in [0.29, 0.717) is 18.8 Å². The van der Waals surface area contributed by atoms with E-state index in [2.05, 4.69) is 43.4 Å². The molecule has 1 aliphatic carbocycles. The van der Waals surface area contributed by atoms with E-state index in [1.165, 1.54) is 22.3 Å². The Morgan fingerprint density at radius 3 is 1.93 bits per heavy atom. The summed E-state index contributed by atoms with van der Waals surface area (Å²) in [4.78, 5) is 25.1. The highest BCUT2D eigenvalue weighted by molar-refractivity contribution is 5.87. The highest BCUT2D eigenvalue weighted by atomic mass is 35.5. The minimum absolute atomic E-state index is 0. The van der Waals surface area contributed by atoms with Crippen molar-refractivity contribution in [3.63, 3.8) is 0 Å². The molecule has 162 valence electrons. The second-order valence-corrected chi connectivity index (χ2v) is 8.72. The zero-order valence-corrected chi connectivity index (χ0v) is 19.0. The molecule has 0 bridgehead atoms. The molecule has 1 N–H and O–H groups in total. The number of benzene rings is 2. The summed E-state index contributed by atoms with van der Waals surface area (Å²) in [6.45, 7) is 8.38. The molecule has 1 amide bonds. The van der Waals surface area contributed by atoms with Crippen LogP contribution in [-0.4, -0.2) is 24.5 Å². The van der Waals surface area contributed by atoms with Crippen LogP contribution in [0.1, 0.15) is 57.6 Å². The first-order chi connectivity index (χ1) is 13.9. The summed E-state index contributed by atoms with van der Waals surface area (Å²) < 4.78 is 5.60. The maximum absolute atomic E-state index is 12.5. The highest BCUT2D eigenvalue weighted by Crippen LogP contribution is 2.44. The molecule has 2 aromatic rings. The number of halogens is 1. The summed E-state index contributed by atoms with van der Waals surface area (Å²) in [5, 5.41) is 2.81. The van der Waals surface area contributed by atoms with Gasteiger partial charge in [-0.3, -0.25) is 4.79 Å². The van der Waals surface area contributed by atoms with Crippen LogP contribution in [0.5, 0.6) is 0 Å². The van der Waals surface area contributed by atoms with E-state index >= 15 is 0 Å². The first-order valence-electron chi connectivity index (χ1n) is 10.5. The van der Waals surface area contributed by atoms with Gasteiger partial charge < -0.3 is 10.1 Å². The number of fused-ring (bicyclic) bond motifs is 3. The van der Waals surface area contributed by atoms with Crippen molar-refractivity contribution in [3.8, 4) is 11.1 Å². The average Bonchev–Trinajstić information content (AvgIpc) is 2.99. The minimum Gasteiger partial charge on any atom is -0.449 e. The number of hydrogen-bond donors (Lipinski definition) is 1. The molecule has 1 atom stereocenters. The van der Waals surface area contributed by atoms with Gasteiger partial charge in [-0.2, -0.15) is 0 Å². The number of alkyl carbamates (subject to hydrolysis) is 1. The summed E-state index contributed by atoms with van der Waals surface area (Å²) in [6.07, 6.45) is 0.561. The topological polar surface area (TPSA) is 55.4 Å². The SMILES string of the molecule is CC(C)CC(=O)[C@@H](CC(C)C)NC(=O)OCC1c2ccccc2-c2ccccc21.Cl. The van der Waals surface area contributed by atoms with E-state index in [1.54, 1.807) is 0 Å². The van der Waals surface area contributed by atoms with Crippen molar-refractivity contribution in [3.05, 3.63) is 59.7 Å². The van der Waals surface area contributed by atoms with Gasteiger partial charge in [-0.25, -0.2) is 4.79 Å². The Bertz CT molecular complexity index is 833. The fraction of sp³-hybridized carbons (Fsp3) is 0.440. The molecule has 0 fully saturated rings. The van der Waals surface area contributed by atoms with Gasteiger partial charge >= 0.3 is 6.09 Å². The smallest absolute Gasteiger partial charge is 0.407 e. The molecule has 0 unspecified atom stereocenters. The van der Waals surface area contributed by atoms with Crippen LogP contribution >= 0.6 is 12.4 Å². The van der Waals surface area contributed by atoms with Crippen molar-refractivity contribution < 1.29 is 14.3 Å². The van der Waals surface area contributed by atoms with E-state index in [1.807, 2.05) is 38.1 Å². The van der Waals surface area contributed by atoms with Gasteiger partial charge in [0.25, 0.3) is 0 Å². The predicted octanol–water partition coefficient (Wildman–Crippen LogP) is 5.98. The average molecular weight is 430 g/mol. The van der Waals surface area contributed by atoms with E-state index < -0.39 is 12.1 Å². The Kier molecular flexibility index (Phi) is 8.48. The number of amides is 1. The van der Waals surface area contributed by atoms with Crippen LogP contribution in [0.15, 0.2) is 48.5 Å². The fourth-order valence-electron chi connectivity index (χ4n) is 4.07. The van der Waals surface area contributed by atoms with Gasteiger partial charge in [0.15, 0.2) is 5.78 Å². The molecule has 5 heteroatoms. The van der Waals surface area contributed by atoms with E-state index in [9.17, 15) is 9.59 Å². The van der Waals surface area contributed by atoms with Crippen LogP contribution in [0.25, 0.3) is 11.1 Å². The molecule has 0 heterocycles. The maximum atomic E-state index is 12.5. The van der Waals surface area contributed by atoms with Gasteiger partial charge in [0.05, 0.1) is 6.04 Å². The lowest BCUT2D eigenvalue weighted by atomic mass is 9.95. The van der Waals surface area contributed by atoms with Gasteiger partial charge in [0.2, 0.25) is 0 Å². The molecule has 0 spiro atoms. The standard InChI is InChI=1S/C25H31NO3.ClH/c1-16(2)13-23(24(27)14-17(3)4)26-25(28)29-15-22-20-11-7-5-9-18(20)19-10-6-8-12-21(19)22;/h5-12,16-17,22-23H,13-15H2,1-4H3,(H,26,28);1H/t23-;/m1./s1. The second-order valence-electron chi connectivity index (χ2n) is 8.72. The number of Topliss-reactive ketones (excluding diaryl/α,β-unsaturated/α-hetero) is 1. The molecule has 0 aromatic heterocycles.